The third-order valence-electron chi connectivity index (χ3n) is 5.47. The Morgan fingerprint density at radius 2 is 1.76 bits per heavy atom. The van der Waals surface area contributed by atoms with Gasteiger partial charge in [0.2, 0.25) is 11.8 Å². The number of amides is 3. The van der Waals surface area contributed by atoms with Crippen molar-refractivity contribution in [2.45, 2.75) is 79.5 Å². The molecule has 2 unspecified atom stereocenters. The van der Waals surface area contributed by atoms with E-state index in [-0.39, 0.29) is 25.5 Å². The monoisotopic (exact) mass is 516 g/mol. The number of carbonyl (C=O) groups excluding carboxylic acids is 4. The summed E-state index contributed by atoms with van der Waals surface area (Å²) in [4.78, 5) is 52.5. The fourth-order valence-corrected chi connectivity index (χ4v) is 3.52. The molecule has 2 atom stereocenters. The molecule has 0 bridgehead atoms. The second-order valence-corrected chi connectivity index (χ2v) is 10.1. The number of hydrogen-bond donors (Lipinski definition) is 2. The summed E-state index contributed by atoms with van der Waals surface area (Å²) in [5.41, 5.74) is 1.62. The van der Waals surface area contributed by atoms with Crippen molar-refractivity contribution in [1.29, 1.82) is 5.26 Å². The number of ether oxygens (including phenoxy) is 2. The van der Waals surface area contributed by atoms with Crippen LogP contribution in [0.3, 0.4) is 0 Å². The molecule has 10 nitrogen and oxygen atoms in total. The number of hydrogen-bond acceptors (Lipinski definition) is 7. The van der Waals surface area contributed by atoms with Crippen molar-refractivity contribution in [3.05, 3.63) is 34.9 Å². The topological polar surface area (TPSA) is 138 Å². The minimum atomic E-state index is -1.17. The maximum Gasteiger partial charge on any atom is 0.408 e. The standard InChI is InChI=1S/C27H40N4O6/c1-9-36-21(32)12-14-29-24(33)23(20-11-10-18(4)19(5)16-20)31(15-13-28)25(34)22(17(2)3)30-26(35)37-27(6,7)8/h10-11,16-17,22-23H,9,12,14-15H2,1-8H3,(H,29,33)(H,30,35). The Morgan fingerprint density at radius 1 is 1.11 bits per heavy atom. The molecule has 1 aromatic rings. The van der Waals surface area contributed by atoms with Crippen LogP contribution in [0.15, 0.2) is 18.2 Å². The van der Waals surface area contributed by atoms with Gasteiger partial charge < -0.3 is 25.0 Å². The number of aryl methyl sites for hydroxylation is 2. The molecule has 0 fully saturated rings. The van der Waals surface area contributed by atoms with E-state index in [1.54, 1.807) is 53.7 Å². The second-order valence-electron chi connectivity index (χ2n) is 10.1. The highest BCUT2D eigenvalue weighted by Crippen LogP contribution is 2.25. The summed E-state index contributed by atoms with van der Waals surface area (Å²) >= 11 is 0. The molecule has 0 saturated carbocycles. The Bertz CT molecular complexity index is 1010. The molecule has 1 aromatic carbocycles. The van der Waals surface area contributed by atoms with Crippen LogP contribution < -0.4 is 10.6 Å². The maximum atomic E-state index is 13.8. The normalized spacial score (nSPS) is 12.6. The number of rotatable bonds is 11. The summed E-state index contributed by atoms with van der Waals surface area (Å²) in [5.74, 6) is -1.99. The zero-order chi connectivity index (χ0) is 28.3. The highest BCUT2D eigenvalue weighted by molar-refractivity contribution is 5.92. The van der Waals surface area contributed by atoms with Gasteiger partial charge in [-0.15, -0.1) is 0 Å². The Labute approximate surface area is 219 Å². The van der Waals surface area contributed by atoms with E-state index >= 15 is 0 Å². The van der Waals surface area contributed by atoms with Crippen LogP contribution in [0, 0.1) is 31.1 Å². The van der Waals surface area contributed by atoms with Gasteiger partial charge in [-0.1, -0.05) is 32.0 Å². The Hall–Kier alpha value is -3.61. The fourth-order valence-electron chi connectivity index (χ4n) is 3.52. The van der Waals surface area contributed by atoms with Gasteiger partial charge in [0.1, 0.15) is 24.2 Å². The lowest BCUT2D eigenvalue weighted by molar-refractivity contribution is -0.144. The number of nitrogens with one attached hydrogen (secondary N) is 2. The SMILES string of the molecule is CCOC(=O)CCNC(=O)C(c1ccc(C)c(C)c1)N(CC#N)C(=O)C(NC(=O)OC(C)(C)C)C(C)C. The summed E-state index contributed by atoms with van der Waals surface area (Å²) in [6.45, 7) is 13.9. The molecule has 1 rings (SSSR count). The number of esters is 1. The van der Waals surface area contributed by atoms with E-state index in [0.717, 1.165) is 16.0 Å². The van der Waals surface area contributed by atoms with Crippen molar-refractivity contribution in [2.75, 3.05) is 19.7 Å². The third kappa shape index (κ3) is 10.1. The molecule has 3 amide bonds. The van der Waals surface area contributed by atoms with E-state index in [2.05, 4.69) is 10.6 Å². The van der Waals surface area contributed by atoms with Crippen LogP contribution in [0.4, 0.5) is 4.79 Å². The van der Waals surface area contributed by atoms with Crippen LogP contribution in [0.25, 0.3) is 0 Å². The molecule has 0 saturated heterocycles. The molecule has 2 N–H and O–H groups in total. The molecular weight excluding hydrogens is 476 g/mol. The summed E-state index contributed by atoms with van der Waals surface area (Å²) in [5, 5.41) is 14.9. The van der Waals surface area contributed by atoms with Gasteiger partial charge in [-0.3, -0.25) is 14.4 Å². The van der Waals surface area contributed by atoms with Gasteiger partial charge >= 0.3 is 12.1 Å². The van der Waals surface area contributed by atoms with Crippen LogP contribution in [0.1, 0.15) is 70.7 Å². The molecule has 0 aromatic heterocycles. The van der Waals surface area contributed by atoms with E-state index in [1.165, 1.54) is 0 Å². The summed E-state index contributed by atoms with van der Waals surface area (Å²) in [6.07, 6.45) is -0.821. The number of nitrogens with zero attached hydrogens (tertiary/aromatic N) is 2. The zero-order valence-electron chi connectivity index (χ0n) is 23.1. The predicted molar refractivity (Wildman–Crippen MR) is 138 cm³/mol. The van der Waals surface area contributed by atoms with Gasteiger partial charge in [-0.25, -0.2) is 4.79 Å². The van der Waals surface area contributed by atoms with Gasteiger partial charge in [0.25, 0.3) is 0 Å². The highest BCUT2D eigenvalue weighted by Gasteiger charge is 2.37. The molecular formula is C27H40N4O6. The van der Waals surface area contributed by atoms with E-state index < -0.39 is 48.1 Å². The smallest absolute Gasteiger partial charge is 0.408 e. The minimum Gasteiger partial charge on any atom is -0.466 e. The molecule has 10 heteroatoms. The average molecular weight is 517 g/mol. The third-order valence-corrected chi connectivity index (χ3v) is 5.47. The largest absolute Gasteiger partial charge is 0.466 e. The van der Waals surface area contributed by atoms with E-state index in [4.69, 9.17) is 9.47 Å². The number of benzene rings is 1. The number of nitriles is 1. The maximum absolute atomic E-state index is 13.8. The van der Waals surface area contributed by atoms with Crippen LogP contribution in [-0.4, -0.2) is 60.1 Å². The quantitative estimate of drug-likeness (QED) is 0.340. The summed E-state index contributed by atoms with van der Waals surface area (Å²) in [7, 11) is 0. The first-order valence-electron chi connectivity index (χ1n) is 12.4. The van der Waals surface area contributed by atoms with Gasteiger partial charge in [-0.2, -0.15) is 5.26 Å². The lowest BCUT2D eigenvalue weighted by Gasteiger charge is -2.34. The first-order chi connectivity index (χ1) is 17.2. The van der Waals surface area contributed by atoms with Gasteiger partial charge in [0, 0.05) is 6.54 Å². The highest BCUT2D eigenvalue weighted by atomic mass is 16.6. The predicted octanol–water partition coefficient (Wildman–Crippen LogP) is 3.32. The zero-order valence-corrected chi connectivity index (χ0v) is 23.1. The van der Waals surface area contributed by atoms with E-state index in [1.807, 2.05) is 26.0 Å². The number of carbonyl (C=O) groups is 4. The number of alkyl carbamates (subject to hydrolysis) is 1. The minimum absolute atomic E-state index is 0.00262. The Balaban J connectivity index is 3.39. The van der Waals surface area contributed by atoms with Crippen molar-refractivity contribution in [1.82, 2.24) is 15.5 Å². The molecule has 0 aliphatic carbocycles. The molecule has 37 heavy (non-hydrogen) atoms. The van der Waals surface area contributed by atoms with Crippen molar-refractivity contribution in [2.24, 2.45) is 5.92 Å². The lowest BCUT2D eigenvalue weighted by Crippen LogP contribution is -2.55. The molecule has 0 aliphatic rings. The first-order valence-corrected chi connectivity index (χ1v) is 12.4. The second kappa shape index (κ2) is 14.2. The van der Waals surface area contributed by atoms with Crippen molar-refractivity contribution >= 4 is 23.9 Å². The van der Waals surface area contributed by atoms with Crippen LogP contribution in [-0.2, 0) is 23.9 Å². The summed E-state index contributed by atoms with van der Waals surface area (Å²) < 4.78 is 10.2. The van der Waals surface area contributed by atoms with Crippen LogP contribution in [0.2, 0.25) is 0 Å². The molecule has 0 spiro atoms. The van der Waals surface area contributed by atoms with Crippen LogP contribution >= 0.6 is 0 Å². The molecule has 0 radical (unpaired) electrons. The van der Waals surface area contributed by atoms with Gasteiger partial charge in [-0.05, 0) is 64.2 Å². The van der Waals surface area contributed by atoms with Gasteiger partial charge in [0.15, 0.2) is 0 Å². The van der Waals surface area contributed by atoms with E-state index in [9.17, 15) is 24.4 Å². The lowest BCUT2D eigenvalue weighted by atomic mass is 9.96. The molecule has 0 heterocycles. The Morgan fingerprint density at radius 3 is 2.27 bits per heavy atom. The Kier molecular flexibility index (Phi) is 12.1. The summed E-state index contributed by atoms with van der Waals surface area (Å²) in [6, 6.07) is 5.08. The van der Waals surface area contributed by atoms with Crippen LogP contribution in [0.5, 0.6) is 0 Å². The van der Waals surface area contributed by atoms with Crippen molar-refractivity contribution < 1.29 is 28.7 Å². The van der Waals surface area contributed by atoms with Crippen molar-refractivity contribution in [3.8, 4) is 6.07 Å². The average Bonchev–Trinajstić information content (AvgIpc) is 2.77. The molecule has 204 valence electrons. The van der Waals surface area contributed by atoms with E-state index in [0.29, 0.717) is 5.56 Å². The first kappa shape index (κ1) is 31.4. The van der Waals surface area contributed by atoms with Gasteiger partial charge in [0.05, 0.1) is 19.1 Å². The molecule has 0 aliphatic heterocycles. The fraction of sp³-hybridized carbons (Fsp3) is 0.593. The van der Waals surface area contributed by atoms with Crippen molar-refractivity contribution in [3.63, 3.8) is 0 Å².